The van der Waals surface area contributed by atoms with E-state index in [-0.39, 0.29) is 11.5 Å². The van der Waals surface area contributed by atoms with Gasteiger partial charge in [0.25, 0.3) is 0 Å². The minimum absolute atomic E-state index is 0.168. The SMILES string of the molecule is Nc1ccc(N2CCCC3(CCN([C@H]4CC[C@H](O)CC4)C3=O)C2)cc1. The van der Waals surface area contributed by atoms with E-state index in [1.807, 2.05) is 12.1 Å². The number of hydrogen-bond acceptors (Lipinski definition) is 4. The van der Waals surface area contributed by atoms with E-state index in [1.54, 1.807) is 0 Å². The van der Waals surface area contributed by atoms with E-state index in [9.17, 15) is 9.90 Å². The fourth-order valence-electron chi connectivity index (χ4n) is 4.98. The number of carbonyl (C=O) groups is 1. The van der Waals surface area contributed by atoms with Crippen LogP contribution in [0.25, 0.3) is 0 Å². The van der Waals surface area contributed by atoms with Crippen molar-refractivity contribution >= 4 is 17.3 Å². The molecule has 5 heteroatoms. The number of aliphatic hydroxyl groups excluding tert-OH is 1. The Balaban J connectivity index is 1.48. The highest BCUT2D eigenvalue weighted by Gasteiger charge is 2.50. The van der Waals surface area contributed by atoms with Gasteiger partial charge in [0.2, 0.25) is 5.91 Å². The quantitative estimate of drug-likeness (QED) is 0.809. The number of anilines is 2. The molecule has 1 spiro atoms. The molecule has 1 aromatic carbocycles. The van der Waals surface area contributed by atoms with E-state index >= 15 is 0 Å². The third-order valence-electron chi connectivity index (χ3n) is 6.49. The maximum atomic E-state index is 13.3. The summed E-state index contributed by atoms with van der Waals surface area (Å²) in [5.74, 6) is 0.356. The Bertz CT molecular complexity index is 624. The molecule has 3 N–H and O–H groups in total. The van der Waals surface area contributed by atoms with Crippen LogP contribution in [0.5, 0.6) is 0 Å². The van der Waals surface area contributed by atoms with Crippen molar-refractivity contribution in [2.45, 2.75) is 57.1 Å². The van der Waals surface area contributed by atoms with Gasteiger partial charge in [-0.25, -0.2) is 0 Å². The van der Waals surface area contributed by atoms with E-state index in [0.29, 0.717) is 11.9 Å². The van der Waals surface area contributed by atoms with Crippen LogP contribution in [0.3, 0.4) is 0 Å². The first-order chi connectivity index (χ1) is 12.1. The van der Waals surface area contributed by atoms with Crippen molar-refractivity contribution in [1.82, 2.24) is 4.90 Å². The van der Waals surface area contributed by atoms with Crippen molar-refractivity contribution in [3.05, 3.63) is 24.3 Å². The predicted molar refractivity (Wildman–Crippen MR) is 99.3 cm³/mol. The summed E-state index contributed by atoms with van der Waals surface area (Å²) in [6.07, 6.45) is 6.43. The van der Waals surface area contributed by atoms with E-state index in [0.717, 1.165) is 70.3 Å². The number of nitrogens with two attached hydrogens (primary N) is 1. The third kappa shape index (κ3) is 3.10. The number of carbonyl (C=O) groups excluding carboxylic acids is 1. The van der Waals surface area contributed by atoms with Gasteiger partial charge in [0.05, 0.1) is 11.5 Å². The first-order valence-electron chi connectivity index (χ1n) is 9.67. The lowest BCUT2D eigenvalue weighted by molar-refractivity contribution is -0.139. The fourth-order valence-corrected chi connectivity index (χ4v) is 4.98. The lowest BCUT2D eigenvalue weighted by Gasteiger charge is -2.41. The number of aliphatic hydroxyl groups is 1. The summed E-state index contributed by atoms with van der Waals surface area (Å²) in [5, 5.41) is 9.74. The highest BCUT2D eigenvalue weighted by atomic mass is 16.3. The zero-order valence-electron chi connectivity index (χ0n) is 14.9. The van der Waals surface area contributed by atoms with Crippen LogP contribution in [-0.4, -0.2) is 47.7 Å². The van der Waals surface area contributed by atoms with Gasteiger partial charge < -0.3 is 20.6 Å². The largest absolute Gasteiger partial charge is 0.399 e. The van der Waals surface area contributed by atoms with Gasteiger partial charge in [-0.3, -0.25) is 4.79 Å². The Morgan fingerprint density at radius 2 is 1.76 bits per heavy atom. The molecule has 5 nitrogen and oxygen atoms in total. The van der Waals surface area contributed by atoms with E-state index in [4.69, 9.17) is 5.73 Å². The number of amides is 1. The predicted octanol–water partition coefficient (Wildman–Crippen LogP) is 2.39. The van der Waals surface area contributed by atoms with Crippen LogP contribution in [-0.2, 0) is 4.79 Å². The average Bonchev–Trinajstić information content (AvgIpc) is 2.93. The standard InChI is InChI=1S/C20H29N3O2/c21-15-2-4-16(5-3-15)22-12-1-10-20(14-22)11-13-23(19(20)25)17-6-8-18(24)9-7-17/h2-5,17-18,24H,1,6-14,21H2/t17-,18-,20?. The Kier molecular flexibility index (Phi) is 4.36. The van der Waals surface area contributed by atoms with Crippen molar-refractivity contribution in [2.24, 2.45) is 5.41 Å². The Morgan fingerprint density at radius 3 is 2.48 bits per heavy atom. The van der Waals surface area contributed by atoms with Gasteiger partial charge in [-0.1, -0.05) is 0 Å². The minimum atomic E-state index is -0.213. The van der Waals surface area contributed by atoms with Crippen molar-refractivity contribution < 1.29 is 9.90 Å². The molecule has 2 aliphatic heterocycles. The summed E-state index contributed by atoms with van der Waals surface area (Å²) in [4.78, 5) is 17.8. The molecular formula is C20H29N3O2. The second-order valence-electron chi connectivity index (χ2n) is 8.11. The molecule has 136 valence electrons. The van der Waals surface area contributed by atoms with Crippen LogP contribution in [0.4, 0.5) is 11.4 Å². The molecule has 1 unspecified atom stereocenters. The van der Waals surface area contributed by atoms with Crippen LogP contribution in [0.2, 0.25) is 0 Å². The monoisotopic (exact) mass is 343 g/mol. The first-order valence-corrected chi connectivity index (χ1v) is 9.67. The molecule has 0 aromatic heterocycles. The number of nitrogens with zero attached hydrogens (tertiary/aromatic N) is 2. The van der Waals surface area contributed by atoms with Crippen molar-refractivity contribution in [3.63, 3.8) is 0 Å². The normalized spacial score (nSPS) is 33.2. The van der Waals surface area contributed by atoms with Gasteiger partial charge in [-0.05, 0) is 69.2 Å². The molecule has 1 amide bonds. The number of nitrogen functional groups attached to an aromatic ring is 1. The van der Waals surface area contributed by atoms with E-state index < -0.39 is 0 Å². The number of hydrogen-bond donors (Lipinski definition) is 2. The molecule has 3 fully saturated rings. The number of piperidine rings is 1. The highest BCUT2D eigenvalue weighted by Crippen LogP contribution is 2.43. The van der Waals surface area contributed by atoms with Gasteiger partial charge in [0.1, 0.15) is 0 Å². The van der Waals surface area contributed by atoms with Crippen LogP contribution < -0.4 is 10.6 Å². The third-order valence-corrected chi connectivity index (χ3v) is 6.49. The van der Waals surface area contributed by atoms with Crippen LogP contribution in [0.1, 0.15) is 44.9 Å². The maximum Gasteiger partial charge on any atom is 0.230 e. The van der Waals surface area contributed by atoms with Crippen LogP contribution in [0, 0.1) is 5.41 Å². The number of benzene rings is 1. The zero-order valence-corrected chi connectivity index (χ0v) is 14.9. The van der Waals surface area contributed by atoms with E-state index in [2.05, 4.69) is 21.9 Å². The summed E-state index contributed by atoms with van der Waals surface area (Å²) < 4.78 is 0. The smallest absolute Gasteiger partial charge is 0.230 e. The van der Waals surface area contributed by atoms with Crippen LogP contribution in [0.15, 0.2) is 24.3 Å². The highest BCUT2D eigenvalue weighted by molar-refractivity contribution is 5.86. The summed E-state index contributed by atoms with van der Waals surface area (Å²) in [6, 6.07) is 8.34. The Labute approximate surface area is 149 Å². The second-order valence-corrected chi connectivity index (χ2v) is 8.11. The van der Waals surface area contributed by atoms with Crippen molar-refractivity contribution in [1.29, 1.82) is 0 Å². The van der Waals surface area contributed by atoms with Crippen LogP contribution >= 0.6 is 0 Å². The lowest BCUT2D eigenvalue weighted by atomic mass is 9.78. The van der Waals surface area contributed by atoms with Gasteiger partial charge in [-0.2, -0.15) is 0 Å². The summed E-state index contributed by atoms with van der Waals surface area (Å²) >= 11 is 0. The van der Waals surface area contributed by atoms with Crippen molar-refractivity contribution in [3.8, 4) is 0 Å². The Hall–Kier alpha value is -1.75. The van der Waals surface area contributed by atoms with Gasteiger partial charge in [0.15, 0.2) is 0 Å². The molecule has 2 heterocycles. The minimum Gasteiger partial charge on any atom is -0.399 e. The molecular weight excluding hydrogens is 314 g/mol. The lowest BCUT2D eigenvalue weighted by Crippen LogP contribution is -2.50. The molecule has 1 saturated carbocycles. The number of likely N-dealkylation sites (tertiary alicyclic amines) is 1. The molecule has 2 saturated heterocycles. The molecule has 1 aliphatic carbocycles. The van der Waals surface area contributed by atoms with Gasteiger partial charge in [-0.15, -0.1) is 0 Å². The van der Waals surface area contributed by atoms with E-state index in [1.165, 1.54) is 5.69 Å². The molecule has 0 radical (unpaired) electrons. The Morgan fingerprint density at radius 1 is 1.04 bits per heavy atom. The van der Waals surface area contributed by atoms with Gasteiger partial charge in [0, 0.05) is 37.1 Å². The second kappa shape index (κ2) is 6.52. The van der Waals surface area contributed by atoms with Crippen molar-refractivity contribution in [2.75, 3.05) is 30.3 Å². The van der Waals surface area contributed by atoms with Gasteiger partial charge >= 0.3 is 0 Å². The summed E-state index contributed by atoms with van der Waals surface area (Å²) in [6.45, 7) is 2.71. The topological polar surface area (TPSA) is 69.8 Å². The summed E-state index contributed by atoms with van der Waals surface area (Å²) in [7, 11) is 0. The molecule has 1 aromatic rings. The number of rotatable bonds is 2. The molecule has 4 rings (SSSR count). The summed E-state index contributed by atoms with van der Waals surface area (Å²) in [5.41, 5.74) is 7.54. The average molecular weight is 343 g/mol. The maximum absolute atomic E-state index is 13.3. The molecule has 0 bridgehead atoms. The first kappa shape index (κ1) is 16.7. The molecule has 3 aliphatic rings. The zero-order chi connectivity index (χ0) is 17.4. The molecule has 25 heavy (non-hydrogen) atoms. The fraction of sp³-hybridized carbons (Fsp3) is 0.650. The molecule has 1 atom stereocenters.